The Kier molecular flexibility index (Phi) is 7.78. The Morgan fingerprint density at radius 1 is 1.00 bits per heavy atom. The number of aryl methyl sites for hydroxylation is 1. The van der Waals surface area contributed by atoms with Gasteiger partial charge in [-0.05, 0) is 63.3 Å². The van der Waals surface area contributed by atoms with Gasteiger partial charge in [-0.2, -0.15) is 0 Å². The van der Waals surface area contributed by atoms with Gasteiger partial charge in [-0.1, -0.05) is 43.3 Å². The van der Waals surface area contributed by atoms with Gasteiger partial charge in [-0.3, -0.25) is 9.59 Å². The van der Waals surface area contributed by atoms with E-state index in [1.807, 2.05) is 76.2 Å². The first-order valence-electron chi connectivity index (χ1n) is 11.3. The first-order valence-corrected chi connectivity index (χ1v) is 11.3. The summed E-state index contributed by atoms with van der Waals surface area (Å²) in [5.74, 6) is 1.32. The van der Waals surface area contributed by atoms with Gasteiger partial charge in [0.15, 0.2) is 11.5 Å². The molecule has 0 fully saturated rings. The number of nitrogens with one attached hydrogen (secondary N) is 1. The van der Waals surface area contributed by atoms with Crippen LogP contribution in [0, 0.1) is 0 Å². The summed E-state index contributed by atoms with van der Waals surface area (Å²) in [4.78, 5) is 28.1. The first-order chi connectivity index (χ1) is 15.3. The maximum absolute atomic E-state index is 13.3. The van der Waals surface area contributed by atoms with E-state index in [0.29, 0.717) is 38.0 Å². The van der Waals surface area contributed by atoms with Gasteiger partial charge in [0, 0.05) is 18.5 Å². The molecule has 1 aliphatic heterocycles. The third kappa shape index (κ3) is 6.49. The van der Waals surface area contributed by atoms with Gasteiger partial charge in [0.1, 0.15) is 6.04 Å². The highest BCUT2D eigenvalue weighted by atomic mass is 16.7. The van der Waals surface area contributed by atoms with Crippen molar-refractivity contribution in [3.63, 3.8) is 0 Å². The number of hydrogen-bond donors (Lipinski definition) is 1. The second-order valence-electron chi connectivity index (χ2n) is 9.17. The number of carbonyl (C=O) groups is 2. The fraction of sp³-hybridized carbons (Fsp3) is 0.462. The Bertz CT molecular complexity index is 921. The summed E-state index contributed by atoms with van der Waals surface area (Å²) in [6, 6.07) is 15.3. The normalized spacial score (nSPS) is 13.5. The fourth-order valence-electron chi connectivity index (χ4n) is 3.84. The molecule has 0 bridgehead atoms. The van der Waals surface area contributed by atoms with Gasteiger partial charge in [0.2, 0.25) is 18.6 Å². The zero-order valence-corrected chi connectivity index (χ0v) is 19.5. The van der Waals surface area contributed by atoms with E-state index in [0.717, 1.165) is 16.9 Å². The zero-order chi connectivity index (χ0) is 23.1. The second-order valence-corrected chi connectivity index (χ2v) is 9.17. The van der Waals surface area contributed by atoms with Crippen LogP contribution in [0.25, 0.3) is 0 Å². The van der Waals surface area contributed by atoms with Crippen LogP contribution in [0.2, 0.25) is 0 Å². The lowest BCUT2D eigenvalue weighted by Crippen LogP contribution is -2.54. The lowest BCUT2D eigenvalue weighted by atomic mass is 10.0. The Morgan fingerprint density at radius 3 is 2.41 bits per heavy atom. The highest BCUT2D eigenvalue weighted by Crippen LogP contribution is 2.32. The van der Waals surface area contributed by atoms with Gasteiger partial charge in [-0.25, -0.2) is 0 Å². The molecule has 6 heteroatoms. The van der Waals surface area contributed by atoms with Crippen molar-refractivity contribution >= 4 is 11.8 Å². The van der Waals surface area contributed by atoms with E-state index < -0.39 is 6.04 Å². The summed E-state index contributed by atoms with van der Waals surface area (Å²) >= 11 is 0. The van der Waals surface area contributed by atoms with Crippen LogP contribution in [0.3, 0.4) is 0 Å². The van der Waals surface area contributed by atoms with Gasteiger partial charge in [-0.15, -0.1) is 0 Å². The minimum Gasteiger partial charge on any atom is -0.454 e. The minimum atomic E-state index is -0.498. The molecule has 0 saturated carbocycles. The van der Waals surface area contributed by atoms with Gasteiger partial charge in [0.05, 0.1) is 0 Å². The van der Waals surface area contributed by atoms with Crippen molar-refractivity contribution in [3.05, 3.63) is 59.7 Å². The average Bonchev–Trinajstić information content (AvgIpc) is 3.22. The topological polar surface area (TPSA) is 67.9 Å². The third-order valence-corrected chi connectivity index (χ3v) is 5.43. The summed E-state index contributed by atoms with van der Waals surface area (Å²) in [5, 5.41) is 3.04. The number of hydrogen-bond acceptors (Lipinski definition) is 4. The number of amides is 2. The highest BCUT2D eigenvalue weighted by molar-refractivity contribution is 5.88. The molecular formula is C26H34N2O4. The molecule has 6 nitrogen and oxygen atoms in total. The molecule has 2 amide bonds. The predicted molar refractivity (Wildman–Crippen MR) is 125 cm³/mol. The largest absolute Gasteiger partial charge is 0.454 e. The van der Waals surface area contributed by atoms with Gasteiger partial charge < -0.3 is 19.7 Å². The summed E-state index contributed by atoms with van der Waals surface area (Å²) in [6.07, 6.45) is 2.17. The first kappa shape index (κ1) is 23.6. The molecule has 0 saturated heterocycles. The number of ether oxygens (including phenoxy) is 2. The van der Waals surface area contributed by atoms with E-state index in [2.05, 4.69) is 5.32 Å². The van der Waals surface area contributed by atoms with Crippen molar-refractivity contribution < 1.29 is 19.1 Å². The van der Waals surface area contributed by atoms with Crippen LogP contribution >= 0.6 is 0 Å². The lowest BCUT2D eigenvalue weighted by molar-refractivity contribution is -0.141. The zero-order valence-electron chi connectivity index (χ0n) is 19.5. The van der Waals surface area contributed by atoms with E-state index in [9.17, 15) is 9.59 Å². The van der Waals surface area contributed by atoms with Crippen LogP contribution < -0.4 is 14.8 Å². The molecule has 2 aromatic rings. The van der Waals surface area contributed by atoms with Crippen molar-refractivity contribution in [2.45, 2.75) is 65.0 Å². The van der Waals surface area contributed by atoms with Crippen LogP contribution in [0.1, 0.15) is 51.7 Å². The van der Waals surface area contributed by atoms with Crippen molar-refractivity contribution in [3.8, 4) is 11.5 Å². The van der Waals surface area contributed by atoms with E-state index >= 15 is 0 Å². The van der Waals surface area contributed by atoms with Crippen molar-refractivity contribution in [1.82, 2.24) is 10.2 Å². The number of carbonyl (C=O) groups excluding carboxylic acids is 2. The van der Waals surface area contributed by atoms with Crippen LogP contribution in [0.15, 0.2) is 48.5 Å². The Balaban J connectivity index is 1.71. The van der Waals surface area contributed by atoms with E-state index in [-0.39, 0.29) is 24.1 Å². The van der Waals surface area contributed by atoms with Crippen molar-refractivity contribution in [2.24, 2.45) is 0 Å². The molecule has 172 valence electrons. The third-order valence-electron chi connectivity index (χ3n) is 5.43. The maximum atomic E-state index is 13.3. The lowest BCUT2D eigenvalue weighted by Gasteiger charge is -2.33. The molecule has 0 aliphatic carbocycles. The smallest absolute Gasteiger partial charge is 0.243 e. The van der Waals surface area contributed by atoms with Crippen LogP contribution in [0.4, 0.5) is 0 Å². The molecule has 1 heterocycles. The molecule has 0 unspecified atom stereocenters. The Labute approximate surface area is 190 Å². The molecule has 1 aliphatic rings. The molecule has 0 radical (unpaired) electrons. The van der Waals surface area contributed by atoms with E-state index in [1.54, 1.807) is 4.90 Å². The molecule has 0 aromatic heterocycles. The van der Waals surface area contributed by atoms with E-state index in [1.165, 1.54) is 0 Å². The van der Waals surface area contributed by atoms with Crippen LogP contribution in [0.5, 0.6) is 11.5 Å². The fourth-order valence-corrected chi connectivity index (χ4v) is 3.84. The summed E-state index contributed by atoms with van der Waals surface area (Å²) in [6.45, 7) is 8.54. The number of rotatable bonds is 9. The molecule has 1 atom stereocenters. The number of benzene rings is 2. The monoisotopic (exact) mass is 438 g/mol. The average molecular weight is 439 g/mol. The van der Waals surface area contributed by atoms with Crippen LogP contribution in [-0.4, -0.2) is 41.6 Å². The number of fused-ring (bicyclic) bond motifs is 1. The van der Waals surface area contributed by atoms with E-state index in [4.69, 9.17) is 9.47 Å². The van der Waals surface area contributed by atoms with Gasteiger partial charge >= 0.3 is 0 Å². The summed E-state index contributed by atoms with van der Waals surface area (Å²) in [7, 11) is 0. The SMILES string of the molecule is CC[C@H](C(=O)NC(C)(C)C)N(CCc1ccccc1)C(=O)CCc1ccc2c(c1)OCO2. The maximum Gasteiger partial charge on any atom is 0.243 e. The summed E-state index contributed by atoms with van der Waals surface area (Å²) in [5.41, 5.74) is 1.80. The van der Waals surface area contributed by atoms with Crippen molar-refractivity contribution in [2.75, 3.05) is 13.3 Å². The summed E-state index contributed by atoms with van der Waals surface area (Å²) < 4.78 is 10.8. The standard InChI is InChI=1S/C26H34N2O4/c1-5-21(25(30)27-26(2,3)4)28(16-15-19-9-7-6-8-10-19)24(29)14-12-20-11-13-22-23(17-20)32-18-31-22/h6-11,13,17,21H,5,12,14-16,18H2,1-4H3,(H,27,30)/t21-/m1/s1. The Morgan fingerprint density at radius 2 is 1.72 bits per heavy atom. The number of nitrogens with zero attached hydrogens (tertiary/aromatic N) is 1. The quantitative estimate of drug-likeness (QED) is 0.640. The minimum absolute atomic E-state index is 0.0190. The predicted octanol–water partition coefficient (Wildman–Crippen LogP) is 4.11. The molecule has 3 rings (SSSR count). The Hall–Kier alpha value is -3.02. The van der Waals surface area contributed by atoms with Crippen LogP contribution in [-0.2, 0) is 22.4 Å². The van der Waals surface area contributed by atoms with Gasteiger partial charge in [0.25, 0.3) is 0 Å². The second kappa shape index (κ2) is 10.5. The molecular weight excluding hydrogens is 404 g/mol. The highest BCUT2D eigenvalue weighted by Gasteiger charge is 2.30. The molecule has 0 spiro atoms. The molecule has 1 N–H and O–H groups in total. The molecule has 2 aromatic carbocycles. The van der Waals surface area contributed by atoms with Crippen molar-refractivity contribution in [1.29, 1.82) is 0 Å². The molecule has 32 heavy (non-hydrogen) atoms.